The van der Waals surface area contributed by atoms with Gasteiger partial charge in [0.2, 0.25) is 10.0 Å². The highest BCUT2D eigenvalue weighted by Gasteiger charge is 2.23. The Morgan fingerprint density at radius 3 is 2.57 bits per heavy atom. The van der Waals surface area contributed by atoms with E-state index in [0.29, 0.717) is 18.2 Å². The monoisotopic (exact) mass is 334 g/mol. The van der Waals surface area contributed by atoms with Crippen LogP contribution in [-0.2, 0) is 30.0 Å². The van der Waals surface area contributed by atoms with Crippen molar-refractivity contribution in [3.63, 3.8) is 0 Å². The maximum absolute atomic E-state index is 11.6. The molecule has 1 saturated heterocycles. The summed E-state index contributed by atoms with van der Waals surface area (Å²) in [6.07, 6.45) is 2.96. The van der Waals surface area contributed by atoms with Gasteiger partial charge in [-0.2, -0.15) is 5.10 Å². The number of sulfonamides is 1. The van der Waals surface area contributed by atoms with Crippen LogP contribution in [0.3, 0.4) is 0 Å². The average Bonchev–Trinajstić information content (AvgIpc) is 2.60. The van der Waals surface area contributed by atoms with Crippen LogP contribution in [0.4, 0.5) is 0 Å². The normalized spacial score (nSPS) is 18.9. The molecule has 1 aliphatic heterocycles. The highest BCUT2D eigenvalue weighted by molar-refractivity contribution is 7.88. The van der Waals surface area contributed by atoms with Gasteiger partial charge in [0.25, 0.3) is 0 Å². The van der Waals surface area contributed by atoms with E-state index in [2.05, 4.69) is 16.9 Å². The zero-order chi connectivity index (χ0) is 15.6. The molecule has 0 aromatic carbocycles. The zero-order valence-corrected chi connectivity index (χ0v) is 14.4. The summed E-state index contributed by atoms with van der Waals surface area (Å²) in [6, 6.07) is 0. The molecule has 21 heavy (non-hydrogen) atoms. The van der Waals surface area contributed by atoms with E-state index in [9.17, 15) is 8.42 Å². The van der Waals surface area contributed by atoms with Gasteiger partial charge in [-0.05, 0) is 19.4 Å². The van der Waals surface area contributed by atoms with Crippen LogP contribution in [0.15, 0.2) is 0 Å². The smallest absolute Gasteiger partial charge is 0.211 e. The van der Waals surface area contributed by atoms with Crippen LogP contribution in [0.2, 0.25) is 5.15 Å². The molecule has 0 N–H and O–H groups in total. The van der Waals surface area contributed by atoms with Crippen LogP contribution < -0.4 is 0 Å². The minimum absolute atomic E-state index is 0.540. The summed E-state index contributed by atoms with van der Waals surface area (Å²) in [7, 11) is -1.25. The molecule has 0 atom stereocenters. The molecule has 2 rings (SSSR count). The van der Waals surface area contributed by atoms with Crippen molar-refractivity contribution in [3.8, 4) is 0 Å². The van der Waals surface area contributed by atoms with Gasteiger partial charge < -0.3 is 0 Å². The topological polar surface area (TPSA) is 58.4 Å². The first kappa shape index (κ1) is 16.7. The lowest BCUT2D eigenvalue weighted by Gasteiger charge is -2.20. The van der Waals surface area contributed by atoms with Crippen molar-refractivity contribution >= 4 is 21.6 Å². The van der Waals surface area contributed by atoms with E-state index in [1.54, 1.807) is 8.99 Å². The van der Waals surface area contributed by atoms with Crippen molar-refractivity contribution in [3.05, 3.63) is 16.4 Å². The van der Waals surface area contributed by atoms with Gasteiger partial charge in [-0.3, -0.25) is 9.58 Å². The quantitative estimate of drug-likeness (QED) is 0.827. The zero-order valence-electron chi connectivity index (χ0n) is 12.8. The lowest BCUT2D eigenvalue weighted by molar-refractivity contribution is 0.278. The Kier molecular flexibility index (Phi) is 5.29. The van der Waals surface area contributed by atoms with Crippen LogP contribution in [0.5, 0.6) is 0 Å². The number of aromatic nitrogens is 2. The van der Waals surface area contributed by atoms with E-state index in [-0.39, 0.29) is 0 Å². The van der Waals surface area contributed by atoms with Crippen LogP contribution >= 0.6 is 11.6 Å². The van der Waals surface area contributed by atoms with Gasteiger partial charge in [0.15, 0.2) is 0 Å². The summed E-state index contributed by atoms with van der Waals surface area (Å²) in [5.41, 5.74) is 2.08. The predicted octanol–water partition coefficient (Wildman–Crippen LogP) is 1.10. The molecule has 6 nitrogen and oxygen atoms in total. The van der Waals surface area contributed by atoms with Crippen LogP contribution in [0.25, 0.3) is 0 Å². The summed E-state index contributed by atoms with van der Waals surface area (Å²) in [4.78, 5) is 2.26. The standard InChI is InChI=1S/C13H23ClN4O2S/c1-4-12-11(13(14)16(2)15-12)10-17-6-5-7-18(9-8-17)21(3,19)20/h4-10H2,1-3H3. The van der Waals surface area contributed by atoms with E-state index < -0.39 is 10.0 Å². The Morgan fingerprint density at radius 1 is 1.24 bits per heavy atom. The molecule has 0 amide bonds. The molecule has 0 bridgehead atoms. The number of rotatable bonds is 4. The largest absolute Gasteiger partial charge is 0.298 e. The fourth-order valence-electron chi connectivity index (χ4n) is 2.70. The van der Waals surface area contributed by atoms with Gasteiger partial charge in [0, 0.05) is 38.8 Å². The number of aryl methyl sites for hydroxylation is 2. The first-order chi connectivity index (χ1) is 9.82. The molecule has 1 aliphatic rings. The first-order valence-corrected chi connectivity index (χ1v) is 9.43. The SMILES string of the molecule is CCc1nn(C)c(Cl)c1CN1CCCN(S(C)(=O)=O)CC1. The Labute approximate surface area is 131 Å². The van der Waals surface area contributed by atoms with Crippen molar-refractivity contribution in [1.82, 2.24) is 19.0 Å². The maximum atomic E-state index is 11.6. The third-order valence-electron chi connectivity index (χ3n) is 3.89. The summed E-state index contributed by atoms with van der Waals surface area (Å²) in [6.45, 7) is 5.53. The molecule has 1 aromatic rings. The minimum atomic E-state index is -3.10. The summed E-state index contributed by atoms with van der Waals surface area (Å²) in [5, 5.41) is 5.10. The van der Waals surface area contributed by atoms with Gasteiger partial charge in [-0.15, -0.1) is 0 Å². The molecule has 0 aliphatic carbocycles. The first-order valence-electron chi connectivity index (χ1n) is 7.20. The minimum Gasteiger partial charge on any atom is -0.298 e. The fourth-order valence-corrected chi connectivity index (χ4v) is 3.78. The molecule has 8 heteroatoms. The number of halogens is 1. The molecule has 1 aromatic heterocycles. The third kappa shape index (κ3) is 3.97. The highest BCUT2D eigenvalue weighted by atomic mass is 35.5. The van der Waals surface area contributed by atoms with E-state index in [0.717, 1.165) is 43.7 Å². The van der Waals surface area contributed by atoms with E-state index in [1.807, 2.05) is 7.05 Å². The lowest BCUT2D eigenvalue weighted by atomic mass is 10.2. The molecule has 0 radical (unpaired) electrons. The van der Waals surface area contributed by atoms with Gasteiger partial charge in [-0.25, -0.2) is 12.7 Å². The second-order valence-electron chi connectivity index (χ2n) is 5.48. The van der Waals surface area contributed by atoms with Crippen LogP contribution in [0.1, 0.15) is 24.6 Å². The molecule has 120 valence electrons. The van der Waals surface area contributed by atoms with E-state index >= 15 is 0 Å². The number of nitrogens with zero attached hydrogens (tertiary/aromatic N) is 4. The van der Waals surface area contributed by atoms with E-state index in [1.165, 1.54) is 6.26 Å². The van der Waals surface area contributed by atoms with Gasteiger partial charge >= 0.3 is 0 Å². The van der Waals surface area contributed by atoms with Crippen molar-refractivity contribution in [2.45, 2.75) is 26.3 Å². The summed E-state index contributed by atoms with van der Waals surface area (Å²) in [5.74, 6) is 0. The Bertz CT molecular complexity index is 600. The Balaban J connectivity index is 2.08. The predicted molar refractivity (Wildman–Crippen MR) is 83.9 cm³/mol. The lowest BCUT2D eigenvalue weighted by Crippen LogP contribution is -2.34. The van der Waals surface area contributed by atoms with Gasteiger partial charge in [0.1, 0.15) is 5.15 Å². The third-order valence-corrected chi connectivity index (χ3v) is 5.66. The molecular formula is C13H23ClN4O2S. The Hall–Kier alpha value is -0.630. The van der Waals surface area contributed by atoms with Crippen molar-refractivity contribution < 1.29 is 8.42 Å². The van der Waals surface area contributed by atoms with E-state index in [4.69, 9.17) is 11.6 Å². The number of hydrogen-bond donors (Lipinski definition) is 0. The highest BCUT2D eigenvalue weighted by Crippen LogP contribution is 2.22. The molecular weight excluding hydrogens is 312 g/mol. The molecule has 2 heterocycles. The Morgan fingerprint density at radius 2 is 1.95 bits per heavy atom. The van der Waals surface area contributed by atoms with Gasteiger partial charge in [-0.1, -0.05) is 18.5 Å². The summed E-state index contributed by atoms with van der Waals surface area (Å²) >= 11 is 6.32. The molecule has 0 saturated carbocycles. The molecule has 0 unspecified atom stereocenters. The van der Waals surface area contributed by atoms with Crippen molar-refractivity contribution in [1.29, 1.82) is 0 Å². The van der Waals surface area contributed by atoms with Crippen molar-refractivity contribution in [2.75, 3.05) is 32.4 Å². The molecule has 1 fully saturated rings. The van der Waals surface area contributed by atoms with Crippen LogP contribution in [0, 0.1) is 0 Å². The van der Waals surface area contributed by atoms with Crippen molar-refractivity contribution in [2.24, 2.45) is 7.05 Å². The number of hydrogen-bond acceptors (Lipinski definition) is 4. The second-order valence-corrected chi connectivity index (χ2v) is 7.83. The average molecular weight is 335 g/mol. The summed E-state index contributed by atoms with van der Waals surface area (Å²) < 4.78 is 26.5. The van der Waals surface area contributed by atoms with Crippen LogP contribution in [-0.4, -0.2) is 59.8 Å². The van der Waals surface area contributed by atoms with Gasteiger partial charge in [0.05, 0.1) is 11.9 Å². The fraction of sp³-hybridized carbons (Fsp3) is 0.769. The maximum Gasteiger partial charge on any atom is 0.211 e. The second kappa shape index (κ2) is 6.64. The molecule has 0 spiro atoms.